The van der Waals surface area contributed by atoms with Gasteiger partial charge in [-0.2, -0.15) is 0 Å². The summed E-state index contributed by atoms with van der Waals surface area (Å²) in [7, 11) is -3.38. The van der Waals surface area contributed by atoms with E-state index in [2.05, 4.69) is 15.4 Å². The van der Waals surface area contributed by atoms with E-state index in [9.17, 15) is 18.0 Å². The number of sulfonamides is 1. The second-order valence-electron chi connectivity index (χ2n) is 8.03. The molecule has 3 N–H and O–H groups in total. The first-order chi connectivity index (χ1) is 12.5. The van der Waals surface area contributed by atoms with Gasteiger partial charge in [0.1, 0.15) is 0 Å². The van der Waals surface area contributed by atoms with Crippen LogP contribution in [-0.4, -0.2) is 31.0 Å². The van der Waals surface area contributed by atoms with Gasteiger partial charge in [-0.3, -0.25) is 9.59 Å². The molecular weight excluding hydrogens is 366 g/mol. The summed E-state index contributed by atoms with van der Waals surface area (Å²) < 4.78 is 26.5. The molecule has 150 valence electrons. The largest absolute Gasteiger partial charge is 0.326 e. The lowest BCUT2D eigenvalue weighted by Gasteiger charge is -2.30. The van der Waals surface area contributed by atoms with Crippen molar-refractivity contribution in [2.45, 2.75) is 64.2 Å². The maximum Gasteiger partial charge on any atom is 0.227 e. The van der Waals surface area contributed by atoms with Gasteiger partial charge in [0, 0.05) is 30.3 Å². The topological polar surface area (TPSA) is 104 Å². The van der Waals surface area contributed by atoms with Crippen LogP contribution in [0.5, 0.6) is 0 Å². The Balaban J connectivity index is 1.89. The van der Waals surface area contributed by atoms with E-state index in [4.69, 9.17) is 0 Å². The number of nitrogens with one attached hydrogen (secondary N) is 3. The van der Waals surface area contributed by atoms with Gasteiger partial charge in [-0.25, -0.2) is 13.1 Å². The predicted octanol–water partition coefficient (Wildman–Crippen LogP) is 2.86. The van der Waals surface area contributed by atoms with Crippen LogP contribution < -0.4 is 15.4 Å². The van der Waals surface area contributed by atoms with Gasteiger partial charge in [0.15, 0.2) is 0 Å². The van der Waals surface area contributed by atoms with E-state index in [0.717, 1.165) is 0 Å². The third kappa shape index (κ3) is 6.04. The summed E-state index contributed by atoms with van der Waals surface area (Å²) in [6, 6.07) is 6.87. The molecule has 0 unspecified atom stereocenters. The molecule has 0 heterocycles. The Morgan fingerprint density at radius 3 is 2.07 bits per heavy atom. The number of benzene rings is 1. The van der Waals surface area contributed by atoms with Crippen LogP contribution in [0.2, 0.25) is 0 Å². The Morgan fingerprint density at radius 1 is 1.00 bits per heavy atom. The van der Waals surface area contributed by atoms with Crippen molar-refractivity contribution in [3.63, 3.8) is 0 Å². The Hall–Kier alpha value is -1.93. The molecule has 0 atom stereocenters. The summed E-state index contributed by atoms with van der Waals surface area (Å²) in [5, 5.41) is 5.57. The minimum absolute atomic E-state index is 0.0768. The molecule has 8 heteroatoms. The highest BCUT2D eigenvalue weighted by atomic mass is 32.2. The molecule has 1 aliphatic carbocycles. The Labute approximate surface area is 161 Å². The minimum atomic E-state index is -3.38. The molecule has 2 rings (SSSR count). The van der Waals surface area contributed by atoms with Crippen LogP contribution in [0.25, 0.3) is 0 Å². The fourth-order valence-corrected chi connectivity index (χ4v) is 4.02. The Morgan fingerprint density at radius 2 is 1.56 bits per heavy atom. The minimum Gasteiger partial charge on any atom is -0.326 e. The van der Waals surface area contributed by atoms with Gasteiger partial charge in [0.25, 0.3) is 0 Å². The van der Waals surface area contributed by atoms with E-state index in [1.807, 2.05) is 0 Å². The number of carbonyl (C=O) groups excluding carboxylic acids is 2. The molecule has 1 saturated carbocycles. The van der Waals surface area contributed by atoms with E-state index in [1.165, 1.54) is 6.92 Å². The molecule has 1 aliphatic rings. The molecule has 1 aromatic rings. The third-order valence-corrected chi connectivity index (χ3v) is 6.93. The highest BCUT2D eigenvalue weighted by molar-refractivity contribution is 7.90. The van der Waals surface area contributed by atoms with Crippen molar-refractivity contribution >= 4 is 33.2 Å². The van der Waals surface area contributed by atoms with Crippen LogP contribution in [0.4, 0.5) is 11.4 Å². The molecule has 0 spiro atoms. The highest BCUT2D eigenvalue weighted by Gasteiger charge is 2.34. The molecular formula is C19H29N3O4S. The third-order valence-electron chi connectivity index (χ3n) is 4.68. The summed E-state index contributed by atoms with van der Waals surface area (Å²) >= 11 is 0. The molecule has 27 heavy (non-hydrogen) atoms. The van der Waals surface area contributed by atoms with Crippen LogP contribution >= 0.6 is 0 Å². The summed E-state index contributed by atoms with van der Waals surface area (Å²) in [5.74, 6) is -0.397. The molecule has 0 aliphatic heterocycles. The maximum atomic E-state index is 12.5. The molecule has 7 nitrogen and oxygen atoms in total. The standard InChI is InChI=1S/C19H29N3O4S/c1-13(23)20-16-6-5-7-17(12-16)21-18(24)14-8-10-15(11-9-14)22-27(25,26)19(2,3)4/h5-7,12,14-15,22H,8-11H2,1-4H3,(H,20,23)(H,21,24)/t14-,15-. The van der Waals surface area contributed by atoms with E-state index in [1.54, 1.807) is 45.0 Å². The van der Waals surface area contributed by atoms with Crippen molar-refractivity contribution in [1.29, 1.82) is 0 Å². The smallest absolute Gasteiger partial charge is 0.227 e. The molecule has 0 radical (unpaired) electrons. The van der Waals surface area contributed by atoms with Gasteiger partial charge in [-0.1, -0.05) is 6.07 Å². The fourth-order valence-electron chi connectivity index (χ4n) is 2.99. The van der Waals surface area contributed by atoms with Gasteiger partial charge in [0.05, 0.1) is 4.75 Å². The van der Waals surface area contributed by atoms with E-state index in [-0.39, 0.29) is 23.8 Å². The first kappa shape index (κ1) is 21.4. The van der Waals surface area contributed by atoms with Crippen LogP contribution in [0.1, 0.15) is 53.4 Å². The molecule has 0 bridgehead atoms. The zero-order valence-electron chi connectivity index (χ0n) is 16.3. The van der Waals surface area contributed by atoms with Crippen LogP contribution in [-0.2, 0) is 19.6 Å². The number of hydrogen-bond acceptors (Lipinski definition) is 4. The van der Waals surface area contributed by atoms with Gasteiger partial charge < -0.3 is 10.6 Å². The van der Waals surface area contributed by atoms with Gasteiger partial charge in [0.2, 0.25) is 21.8 Å². The van der Waals surface area contributed by atoms with E-state index >= 15 is 0 Å². The fraction of sp³-hybridized carbons (Fsp3) is 0.579. The molecule has 0 saturated heterocycles. The average Bonchev–Trinajstić information content (AvgIpc) is 2.53. The molecule has 2 amide bonds. The normalized spacial score (nSPS) is 20.7. The van der Waals surface area contributed by atoms with Crippen molar-refractivity contribution in [2.75, 3.05) is 10.6 Å². The number of amides is 2. The SMILES string of the molecule is CC(=O)Nc1cccc(NC(=O)[C@H]2CC[C@H](NS(=O)(=O)C(C)(C)C)CC2)c1. The molecule has 1 aromatic carbocycles. The Bertz CT molecular complexity index is 791. The van der Waals surface area contributed by atoms with Gasteiger partial charge >= 0.3 is 0 Å². The van der Waals surface area contributed by atoms with E-state index in [0.29, 0.717) is 37.1 Å². The maximum absolute atomic E-state index is 12.5. The number of anilines is 2. The average molecular weight is 396 g/mol. The highest BCUT2D eigenvalue weighted by Crippen LogP contribution is 2.27. The van der Waals surface area contributed by atoms with Gasteiger partial charge in [-0.15, -0.1) is 0 Å². The lowest BCUT2D eigenvalue weighted by molar-refractivity contribution is -0.120. The monoisotopic (exact) mass is 395 g/mol. The number of carbonyl (C=O) groups is 2. The first-order valence-electron chi connectivity index (χ1n) is 9.18. The van der Waals surface area contributed by atoms with Crippen LogP contribution in [0, 0.1) is 5.92 Å². The van der Waals surface area contributed by atoms with Crippen LogP contribution in [0.3, 0.4) is 0 Å². The quantitative estimate of drug-likeness (QED) is 0.713. The Kier molecular flexibility index (Phi) is 6.64. The lowest BCUT2D eigenvalue weighted by Crippen LogP contribution is -2.46. The van der Waals surface area contributed by atoms with Crippen LogP contribution in [0.15, 0.2) is 24.3 Å². The predicted molar refractivity (Wildman–Crippen MR) is 107 cm³/mol. The van der Waals surface area contributed by atoms with Crippen molar-refractivity contribution in [1.82, 2.24) is 4.72 Å². The number of rotatable bonds is 5. The lowest BCUT2D eigenvalue weighted by atomic mass is 9.86. The van der Waals surface area contributed by atoms with Gasteiger partial charge in [-0.05, 0) is 64.7 Å². The van der Waals surface area contributed by atoms with Crippen molar-refractivity contribution in [3.05, 3.63) is 24.3 Å². The van der Waals surface area contributed by atoms with Crippen molar-refractivity contribution in [2.24, 2.45) is 5.92 Å². The summed E-state index contributed by atoms with van der Waals surface area (Å²) in [6.07, 6.45) is 2.54. The zero-order chi connectivity index (χ0) is 20.2. The van der Waals surface area contributed by atoms with Crippen molar-refractivity contribution in [3.8, 4) is 0 Å². The molecule has 0 aromatic heterocycles. The van der Waals surface area contributed by atoms with Crippen molar-refractivity contribution < 1.29 is 18.0 Å². The van der Waals surface area contributed by atoms with E-state index < -0.39 is 14.8 Å². The number of hydrogen-bond donors (Lipinski definition) is 3. The summed E-state index contributed by atoms with van der Waals surface area (Å²) in [4.78, 5) is 23.7. The second-order valence-corrected chi connectivity index (χ2v) is 10.5. The first-order valence-corrected chi connectivity index (χ1v) is 10.7. The second kappa shape index (κ2) is 8.39. The molecule has 1 fully saturated rings. The zero-order valence-corrected chi connectivity index (χ0v) is 17.2. The summed E-state index contributed by atoms with van der Waals surface area (Å²) in [5.41, 5.74) is 1.25. The summed E-state index contributed by atoms with van der Waals surface area (Å²) in [6.45, 7) is 6.44.